The fourth-order valence-electron chi connectivity index (χ4n) is 1.68. The number of nitrogens with one attached hydrogen (secondary N) is 1. The van der Waals surface area contributed by atoms with Crippen LogP contribution in [0.15, 0.2) is 30.5 Å². The van der Waals surface area contributed by atoms with E-state index in [-0.39, 0.29) is 11.4 Å². The van der Waals surface area contributed by atoms with E-state index in [0.717, 1.165) is 6.42 Å². The maximum Gasteiger partial charge on any atom is 0.313 e. The van der Waals surface area contributed by atoms with Crippen molar-refractivity contribution in [3.8, 4) is 11.3 Å². The summed E-state index contributed by atoms with van der Waals surface area (Å²) in [6, 6.07) is 6.88. The number of rotatable bonds is 5. The summed E-state index contributed by atoms with van der Waals surface area (Å²) in [5, 5.41) is 14.5. The molecule has 0 spiro atoms. The van der Waals surface area contributed by atoms with Crippen LogP contribution in [0, 0.1) is 10.1 Å². The average Bonchev–Trinajstić information content (AvgIpc) is 2.45. The third kappa shape index (κ3) is 3.03. The maximum absolute atomic E-state index is 11.1. The van der Waals surface area contributed by atoms with Gasteiger partial charge in [-0.2, -0.15) is 0 Å². The summed E-state index contributed by atoms with van der Waals surface area (Å²) in [5.74, 6) is 0.354. The van der Waals surface area contributed by atoms with E-state index in [1.54, 1.807) is 24.3 Å². The van der Waals surface area contributed by atoms with Crippen molar-refractivity contribution >= 4 is 23.2 Å². The summed E-state index contributed by atoms with van der Waals surface area (Å²) in [6.45, 7) is 2.70. The molecule has 0 aliphatic rings. The highest BCUT2D eigenvalue weighted by Gasteiger charge is 2.20. The lowest BCUT2D eigenvalue weighted by molar-refractivity contribution is -0.384. The van der Waals surface area contributed by atoms with Crippen LogP contribution < -0.4 is 5.32 Å². The SMILES string of the molecule is CCCNc1ncc([N+](=O)[O-])c(-c2ccccc2Cl)n1. The molecular formula is C13H13ClN4O2. The fraction of sp³-hybridized carbons (Fsp3) is 0.231. The summed E-state index contributed by atoms with van der Waals surface area (Å²) in [4.78, 5) is 18.7. The van der Waals surface area contributed by atoms with Gasteiger partial charge in [0.25, 0.3) is 0 Å². The molecule has 20 heavy (non-hydrogen) atoms. The van der Waals surface area contributed by atoms with E-state index in [1.807, 2.05) is 6.92 Å². The zero-order valence-corrected chi connectivity index (χ0v) is 11.6. The van der Waals surface area contributed by atoms with Gasteiger partial charge in [0.05, 0.1) is 9.95 Å². The van der Waals surface area contributed by atoms with Gasteiger partial charge in [-0.25, -0.2) is 9.97 Å². The van der Waals surface area contributed by atoms with Crippen LogP contribution in [0.5, 0.6) is 0 Å². The lowest BCUT2D eigenvalue weighted by Crippen LogP contribution is -2.06. The minimum absolute atomic E-state index is 0.167. The first kappa shape index (κ1) is 14.2. The highest BCUT2D eigenvalue weighted by atomic mass is 35.5. The fourth-order valence-corrected chi connectivity index (χ4v) is 1.91. The normalized spacial score (nSPS) is 10.3. The third-order valence-corrected chi connectivity index (χ3v) is 2.96. The molecule has 0 saturated heterocycles. The van der Waals surface area contributed by atoms with Crippen LogP contribution in [0.3, 0.4) is 0 Å². The molecular weight excluding hydrogens is 280 g/mol. The largest absolute Gasteiger partial charge is 0.354 e. The van der Waals surface area contributed by atoms with Gasteiger partial charge < -0.3 is 5.32 Å². The predicted octanol–water partition coefficient (Wildman–Crippen LogP) is 3.53. The van der Waals surface area contributed by atoms with Crippen molar-refractivity contribution in [3.63, 3.8) is 0 Å². The molecule has 0 atom stereocenters. The van der Waals surface area contributed by atoms with Crippen molar-refractivity contribution in [1.29, 1.82) is 0 Å². The Hall–Kier alpha value is -2.21. The second kappa shape index (κ2) is 6.29. The first-order valence-corrected chi connectivity index (χ1v) is 6.51. The van der Waals surface area contributed by atoms with Crippen LogP contribution in [0.4, 0.5) is 11.6 Å². The van der Waals surface area contributed by atoms with Crippen LogP contribution in [0.25, 0.3) is 11.3 Å². The maximum atomic E-state index is 11.1. The molecule has 7 heteroatoms. The monoisotopic (exact) mass is 292 g/mol. The van der Waals surface area contributed by atoms with Gasteiger partial charge in [0.1, 0.15) is 6.20 Å². The number of benzene rings is 1. The number of hydrogen-bond acceptors (Lipinski definition) is 5. The van der Waals surface area contributed by atoms with Crippen LogP contribution in [0.1, 0.15) is 13.3 Å². The van der Waals surface area contributed by atoms with E-state index in [4.69, 9.17) is 11.6 Å². The minimum atomic E-state index is -0.512. The summed E-state index contributed by atoms with van der Waals surface area (Å²) < 4.78 is 0. The Kier molecular flexibility index (Phi) is 4.47. The molecule has 1 aromatic heterocycles. The molecule has 1 heterocycles. The Morgan fingerprint density at radius 1 is 1.40 bits per heavy atom. The van der Waals surface area contributed by atoms with Gasteiger partial charge in [0.2, 0.25) is 5.95 Å². The van der Waals surface area contributed by atoms with E-state index in [9.17, 15) is 10.1 Å². The average molecular weight is 293 g/mol. The van der Waals surface area contributed by atoms with Crippen molar-refractivity contribution in [2.75, 3.05) is 11.9 Å². The molecule has 0 unspecified atom stereocenters. The van der Waals surface area contributed by atoms with E-state index < -0.39 is 4.92 Å². The highest BCUT2D eigenvalue weighted by molar-refractivity contribution is 6.33. The molecule has 0 bridgehead atoms. The minimum Gasteiger partial charge on any atom is -0.354 e. The molecule has 0 fully saturated rings. The second-order valence-electron chi connectivity index (χ2n) is 4.09. The molecule has 1 N–H and O–H groups in total. The zero-order chi connectivity index (χ0) is 14.5. The topological polar surface area (TPSA) is 81.0 Å². The molecule has 2 rings (SSSR count). The number of aromatic nitrogens is 2. The van der Waals surface area contributed by atoms with Crippen LogP contribution >= 0.6 is 11.6 Å². The quantitative estimate of drug-likeness (QED) is 0.673. The highest BCUT2D eigenvalue weighted by Crippen LogP contribution is 2.32. The van der Waals surface area contributed by atoms with Crippen molar-refractivity contribution < 1.29 is 4.92 Å². The standard InChI is InChI=1S/C13H13ClN4O2/c1-2-7-15-13-16-8-11(18(19)20)12(17-13)9-5-3-4-6-10(9)14/h3-6,8H,2,7H2,1H3,(H,15,16,17). The Balaban J connectivity index is 2.53. The lowest BCUT2D eigenvalue weighted by Gasteiger charge is -2.07. The van der Waals surface area contributed by atoms with Crippen molar-refractivity contribution in [3.05, 3.63) is 45.6 Å². The molecule has 0 radical (unpaired) electrons. The molecule has 0 aliphatic carbocycles. The van der Waals surface area contributed by atoms with Crippen LogP contribution in [-0.4, -0.2) is 21.4 Å². The second-order valence-corrected chi connectivity index (χ2v) is 4.50. The van der Waals surface area contributed by atoms with Gasteiger partial charge in [0, 0.05) is 12.1 Å². The predicted molar refractivity (Wildman–Crippen MR) is 77.9 cm³/mol. The molecule has 1 aromatic carbocycles. The first-order valence-electron chi connectivity index (χ1n) is 6.13. The van der Waals surface area contributed by atoms with Crippen molar-refractivity contribution in [2.45, 2.75) is 13.3 Å². The van der Waals surface area contributed by atoms with Crippen LogP contribution in [-0.2, 0) is 0 Å². The summed E-state index contributed by atoms with van der Waals surface area (Å²) >= 11 is 6.09. The Morgan fingerprint density at radius 3 is 2.80 bits per heavy atom. The molecule has 0 saturated carbocycles. The van der Waals surface area contributed by atoms with E-state index >= 15 is 0 Å². The van der Waals surface area contributed by atoms with Crippen molar-refractivity contribution in [1.82, 2.24) is 9.97 Å². The Bertz CT molecular complexity index is 634. The smallest absolute Gasteiger partial charge is 0.313 e. The molecule has 2 aromatic rings. The van der Waals surface area contributed by atoms with E-state index in [0.29, 0.717) is 23.1 Å². The Labute approximate surface area is 121 Å². The molecule has 0 aliphatic heterocycles. The lowest BCUT2D eigenvalue weighted by atomic mass is 10.1. The van der Waals surface area contributed by atoms with E-state index in [2.05, 4.69) is 15.3 Å². The number of halogens is 1. The molecule has 6 nitrogen and oxygen atoms in total. The van der Waals surface area contributed by atoms with Crippen molar-refractivity contribution in [2.24, 2.45) is 0 Å². The summed E-state index contributed by atoms with van der Waals surface area (Å²) in [7, 11) is 0. The van der Waals surface area contributed by atoms with Crippen LogP contribution in [0.2, 0.25) is 5.02 Å². The number of hydrogen-bond donors (Lipinski definition) is 1. The van der Waals surface area contributed by atoms with E-state index in [1.165, 1.54) is 6.20 Å². The van der Waals surface area contributed by atoms with Gasteiger partial charge in [-0.05, 0) is 12.5 Å². The number of anilines is 1. The van der Waals surface area contributed by atoms with Gasteiger partial charge in [0.15, 0.2) is 5.69 Å². The summed E-state index contributed by atoms with van der Waals surface area (Å²) in [5.41, 5.74) is 0.567. The third-order valence-electron chi connectivity index (χ3n) is 2.63. The van der Waals surface area contributed by atoms with Gasteiger partial charge >= 0.3 is 5.69 Å². The van der Waals surface area contributed by atoms with Gasteiger partial charge in [-0.3, -0.25) is 10.1 Å². The number of nitrogens with zero attached hydrogens (tertiary/aromatic N) is 3. The molecule has 104 valence electrons. The first-order chi connectivity index (χ1) is 9.63. The van der Waals surface area contributed by atoms with Gasteiger partial charge in [-0.1, -0.05) is 36.7 Å². The molecule has 0 amide bonds. The zero-order valence-electron chi connectivity index (χ0n) is 10.8. The van der Waals surface area contributed by atoms with Gasteiger partial charge in [-0.15, -0.1) is 0 Å². The Morgan fingerprint density at radius 2 is 2.15 bits per heavy atom. The summed E-state index contributed by atoms with van der Waals surface area (Å²) in [6.07, 6.45) is 2.10. The number of nitro groups is 1.